The Kier molecular flexibility index (Phi) is 3.66. The lowest BCUT2D eigenvalue weighted by Gasteiger charge is -2.08. The highest BCUT2D eigenvalue weighted by molar-refractivity contribution is 6.03. The van der Waals surface area contributed by atoms with Gasteiger partial charge in [0, 0.05) is 18.4 Å². The minimum atomic E-state index is -0.483. The predicted molar refractivity (Wildman–Crippen MR) is 71.8 cm³/mol. The minimum absolute atomic E-state index is 0.0605. The van der Waals surface area contributed by atoms with Gasteiger partial charge >= 0.3 is 0 Å². The molecule has 98 valence electrons. The molecule has 0 aliphatic carbocycles. The Morgan fingerprint density at radius 2 is 1.89 bits per heavy atom. The summed E-state index contributed by atoms with van der Waals surface area (Å²) in [6.07, 6.45) is 0.0695. The van der Waals surface area contributed by atoms with E-state index in [0.29, 0.717) is 5.39 Å². The second-order valence-electron chi connectivity index (χ2n) is 4.16. The number of hydrogen-bond acceptors (Lipinski definition) is 3. The molecule has 2 aromatic carbocycles. The van der Waals surface area contributed by atoms with Gasteiger partial charge in [0.05, 0.1) is 5.56 Å². The number of carbonyl (C=O) groups is 2. The SMILES string of the molecule is NC(=O)CCNC(=O)c1ccc2ccccc2c1O. The van der Waals surface area contributed by atoms with Crippen LogP contribution in [0.4, 0.5) is 0 Å². The van der Waals surface area contributed by atoms with Crippen LogP contribution in [-0.4, -0.2) is 23.5 Å². The second-order valence-corrected chi connectivity index (χ2v) is 4.16. The average Bonchev–Trinajstić information content (AvgIpc) is 2.39. The van der Waals surface area contributed by atoms with Crippen molar-refractivity contribution in [1.29, 1.82) is 0 Å². The minimum Gasteiger partial charge on any atom is -0.506 e. The van der Waals surface area contributed by atoms with Gasteiger partial charge in [-0.25, -0.2) is 0 Å². The van der Waals surface area contributed by atoms with Crippen molar-refractivity contribution in [2.75, 3.05) is 6.54 Å². The molecule has 0 spiro atoms. The van der Waals surface area contributed by atoms with Gasteiger partial charge in [-0.2, -0.15) is 0 Å². The second kappa shape index (κ2) is 5.39. The Balaban J connectivity index is 2.22. The maximum atomic E-state index is 11.9. The summed E-state index contributed by atoms with van der Waals surface area (Å²) in [6.45, 7) is 0.153. The fraction of sp³-hybridized carbons (Fsp3) is 0.143. The maximum Gasteiger partial charge on any atom is 0.255 e. The highest BCUT2D eigenvalue weighted by Crippen LogP contribution is 2.28. The molecule has 0 aromatic heterocycles. The van der Waals surface area contributed by atoms with Crippen molar-refractivity contribution in [1.82, 2.24) is 5.32 Å². The highest BCUT2D eigenvalue weighted by Gasteiger charge is 2.13. The normalized spacial score (nSPS) is 10.3. The van der Waals surface area contributed by atoms with Crippen molar-refractivity contribution in [3.05, 3.63) is 42.0 Å². The first-order valence-electron chi connectivity index (χ1n) is 5.87. The molecule has 5 heteroatoms. The first-order valence-corrected chi connectivity index (χ1v) is 5.87. The molecule has 0 fully saturated rings. The maximum absolute atomic E-state index is 11.9. The molecule has 19 heavy (non-hydrogen) atoms. The van der Waals surface area contributed by atoms with Crippen molar-refractivity contribution in [3.8, 4) is 5.75 Å². The Bertz CT molecular complexity index is 638. The summed E-state index contributed by atoms with van der Waals surface area (Å²) in [5.74, 6) is -0.970. The zero-order chi connectivity index (χ0) is 13.8. The molecule has 0 unspecified atom stereocenters. The summed E-state index contributed by atoms with van der Waals surface area (Å²) in [6, 6.07) is 10.6. The van der Waals surface area contributed by atoms with E-state index in [9.17, 15) is 14.7 Å². The molecule has 0 atom stereocenters. The molecular formula is C14H14N2O3. The fourth-order valence-corrected chi connectivity index (χ4v) is 1.83. The molecule has 0 bridgehead atoms. The summed E-state index contributed by atoms with van der Waals surface area (Å²) in [5.41, 5.74) is 5.17. The van der Waals surface area contributed by atoms with Crippen LogP contribution in [0.2, 0.25) is 0 Å². The molecule has 5 nitrogen and oxygen atoms in total. The number of nitrogens with two attached hydrogens (primary N) is 1. The number of primary amides is 1. The number of phenolic OH excluding ortho intramolecular Hbond substituents is 1. The summed E-state index contributed by atoms with van der Waals surface area (Å²) >= 11 is 0. The lowest BCUT2D eigenvalue weighted by molar-refractivity contribution is -0.117. The molecule has 0 saturated heterocycles. The Morgan fingerprint density at radius 1 is 1.16 bits per heavy atom. The molecule has 2 aromatic rings. The van der Waals surface area contributed by atoms with Gasteiger partial charge < -0.3 is 16.2 Å². The van der Waals surface area contributed by atoms with Gasteiger partial charge in [-0.05, 0) is 11.5 Å². The van der Waals surface area contributed by atoms with E-state index in [1.807, 2.05) is 12.1 Å². The van der Waals surface area contributed by atoms with Crippen LogP contribution in [-0.2, 0) is 4.79 Å². The number of aromatic hydroxyl groups is 1. The van der Waals surface area contributed by atoms with Crippen LogP contribution >= 0.6 is 0 Å². The fourth-order valence-electron chi connectivity index (χ4n) is 1.83. The van der Waals surface area contributed by atoms with Crippen LogP contribution in [0.15, 0.2) is 36.4 Å². The quantitative estimate of drug-likeness (QED) is 0.768. The van der Waals surface area contributed by atoms with Gasteiger partial charge in [0.15, 0.2) is 0 Å². The standard InChI is InChI=1S/C14H14N2O3/c15-12(17)7-8-16-14(19)11-6-5-9-3-1-2-4-10(9)13(11)18/h1-6,18H,7-8H2,(H2,15,17)(H,16,19). The van der Waals surface area contributed by atoms with Crippen molar-refractivity contribution in [3.63, 3.8) is 0 Å². The molecule has 0 aliphatic heterocycles. The number of carbonyl (C=O) groups excluding carboxylic acids is 2. The Morgan fingerprint density at radius 3 is 2.63 bits per heavy atom. The average molecular weight is 258 g/mol. The third-order valence-corrected chi connectivity index (χ3v) is 2.80. The van der Waals surface area contributed by atoms with Gasteiger partial charge in [0.1, 0.15) is 5.75 Å². The number of nitrogens with one attached hydrogen (secondary N) is 1. The van der Waals surface area contributed by atoms with Gasteiger partial charge in [0.25, 0.3) is 5.91 Å². The molecule has 0 saturated carbocycles. The largest absolute Gasteiger partial charge is 0.506 e. The number of hydrogen-bond donors (Lipinski definition) is 3. The zero-order valence-electron chi connectivity index (χ0n) is 10.2. The van der Waals surface area contributed by atoms with E-state index in [1.54, 1.807) is 24.3 Å². The number of fused-ring (bicyclic) bond motifs is 1. The van der Waals surface area contributed by atoms with E-state index < -0.39 is 11.8 Å². The molecular weight excluding hydrogens is 244 g/mol. The summed E-state index contributed by atoms with van der Waals surface area (Å²) < 4.78 is 0. The Hall–Kier alpha value is -2.56. The van der Waals surface area contributed by atoms with Crippen LogP contribution in [0.1, 0.15) is 16.8 Å². The third-order valence-electron chi connectivity index (χ3n) is 2.80. The van der Waals surface area contributed by atoms with E-state index in [2.05, 4.69) is 5.32 Å². The molecule has 0 aliphatic rings. The van der Waals surface area contributed by atoms with Gasteiger partial charge in [-0.15, -0.1) is 0 Å². The summed E-state index contributed by atoms with van der Waals surface area (Å²) in [7, 11) is 0. The van der Waals surface area contributed by atoms with E-state index >= 15 is 0 Å². The Labute approximate surface area is 110 Å². The van der Waals surface area contributed by atoms with Crippen LogP contribution in [0.25, 0.3) is 10.8 Å². The number of amides is 2. The van der Waals surface area contributed by atoms with E-state index in [4.69, 9.17) is 5.73 Å². The van der Waals surface area contributed by atoms with Crippen LogP contribution in [0.5, 0.6) is 5.75 Å². The lowest BCUT2D eigenvalue weighted by atomic mass is 10.0. The molecule has 0 radical (unpaired) electrons. The van der Waals surface area contributed by atoms with E-state index in [1.165, 1.54) is 0 Å². The summed E-state index contributed by atoms with van der Waals surface area (Å²) in [4.78, 5) is 22.4. The first-order chi connectivity index (χ1) is 9.09. The van der Waals surface area contributed by atoms with Crippen LogP contribution in [0, 0.1) is 0 Å². The van der Waals surface area contributed by atoms with Gasteiger partial charge in [-0.1, -0.05) is 30.3 Å². The van der Waals surface area contributed by atoms with Crippen molar-refractivity contribution >= 4 is 22.6 Å². The van der Waals surface area contributed by atoms with Crippen molar-refractivity contribution in [2.24, 2.45) is 5.73 Å². The summed E-state index contributed by atoms with van der Waals surface area (Å²) in [5, 5.41) is 14.1. The third kappa shape index (κ3) is 2.82. The van der Waals surface area contributed by atoms with Crippen LogP contribution < -0.4 is 11.1 Å². The molecule has 2 rings (SSSR count). The number of phenols is 1. The lowest BCUT2D eigenvalue weighted by Crippen LogP contribution is -2.27. The van der Waals surface area contributed by atoms with Crippen molar-refractivity contribution in [2.45, 2.75) is 6.42 Å². The molecule has 4 N–H and O–H groups in total. The zero-order valence-corrected chi connectivity index (χ0v) is 10.2. The molecule has 2 amide bonds. The van der Waals surface area contributed by atoms with Gasteiger partial charge in [-0.3, -0.25) is 9.59 Å². The van der Waals surface area contributed by atoms with E-state index in [0.717, 1.165) is 5.39 Å². The van der Waals surface area contributed by atoms with Gasteiger partial charge in [0.2, 0.25) is 5.91 Å². The number of benzene rings is 2. The number of rotatable bonds is 4. The first kappa shape index (κ1) is 12.9. The predicted octanol–water partition coefficient (Wildman–Crippen LogP) is 1.15. The smallest absolute Gasteiger partial charge is 0.255 e. The highest BCUT2D eigenvalue weighted by atomic mass is 16.3. The molecule has 0 heterocycles. The van der Waals surface area contributed by atoms with Crippen molar-refractivity contribution < 1.29 is 14.7 Å². The van der Waals surface area contributed by atoms with E-state index in [-0.39, 0.29) is 24.3 Å². The van der Waals surface area contributed by atoms with Crippen LogP contribution in [0.3, 0.4) is 0 Å². The topological polar surface area (TPSA) is 92.4 Å². The monoisotopic (exact) mass is 258 g/mol.